The first kappa shape index (κ1) is 16.9. The van der Waals surface area contributed by atoms with Gasteiger partial charge in [0.15, 0.2) is 0 Å². The van der Waals surface area contributed by atoms with Gasteiger partial charge in [-0.1, -0.05) is 30.3 Å². The van der Waals surface area contributed by atoms with E-state index in [1.165, 1.54) is 30.5 Å². The lowest BCUT2D eigenvalue weighted by molar-refractivity contribution is 0.600. The van der Waals surface area contributed by atoms with E-state index in [9.17, 15) is 12.8 Å². The van der Waals surface area contributed by atoms with Gasteiger partial charge in [0.1, 0.15) is 11.6 Å². The normalized spacial score (nSPS) is 11.1. The van der Waals surface area contributed by atoms with E-state index in [0.29, 0.717) is 17.1 Å². The molecular formula is C18H16FN3O2S. The standard InChI is InChI=1S/C18H16FN3O2S/c19-15-8-6-14(7-9-15)13-25(23,24)22-17-10-11-18(20-12-17)21-16-4-2-1-3-5-16/h1-12,22H,13H2,(H,20,21). The minimum Gasteiger partial charge on any atom is -0.340 e. The smallest absolute Gasteiger partial charge is 0.236 e. The highest BCUT2D eigenvalue weighted by Crippen LogP contribution is 2.17. The molecule has 25 heavy (non-hydrogen) atoms. The van der Waals surface area contributed by atoms with Crippen LogP contribution in [0.25, 0.3) is 0 Å². The molecule has 5 nitrogen and oxygen atoms in total. The zero-order chi connectivity index (χ0) is 17.7. The maximum absolute atomic E-state index is 12.9. The number of para-hydroxylation sites is 1. The van der Waals surface area contributed by atoms with Gasteiger partial charge in [-0.15, -0.1) is 0 Å². The first-order chi connectivity index (χ1) is 12.0. The van der Waals surface area contributed by atoms with Crippen molar-refractivity contribution < 1.29 is 12.8 Å². The fraction of sp³-hybridized carbons (Fsp3) is 0.0556. The van der Waals surface area contributed by atoms with Crippen LogP contribution in [-0.2, 0) is 15.8 Å². The first-order valence-corrected chi connectivity index (χ1v) is 9.18. The number of nitrogens with one attached hydrogen (secondary N) is 2. The van der Waals surface area contributed by atoms with Crippen molar-refractivity contribution in [1.82, 2.24) is 4.98 Å². The molecule has 0 unspecified atom stereocenters. The third-order valence-electron chi connectivity index (χ3n) is 3.35. The van der Waals surface area contributed by atoms with Crippen LogP contribution in [0.15, 0.2) is 72.9 Å². The second-order valence-electron chi connectivity index (χ2n) is 5.41. The van der Waals surface area contributed by atoms with Crippen molar-refractivity contribution in [1.29, 1.82) is 0 Å². The van der Waals surface area contributed by atoms with Gasteiger partial charge < -0.3 is 5.32 Å². The van der Waals surface area contributed by atoms with Crippen molar-refractivity contribution >= 4 is 27.2 Å². The molecule has 3 rings (SSSR count). The summed E-state index contributed by atoms with van der Waals surface area (Å²) in [5.41, 5.74) is 1.75. The molecule has 0 spiro atoms. The Bertz CT molecular complexity index is 928. The average Bonchev–Trinajstić information content (AvgIpc) is 2.59. The van der Waals surface area contributed by atoms with Gasteiger partial charge >= 0.3 is 0 Å². The lowest BCUT2D eigenvalue weighted by Crippen LogP contribution is -2.15. The molecule has 0 saturated heterocycles. The van der Waals surface area contributed by atoms with Crippen molar-refractivity contribution in [3.8, 4) is 0 Å². The molecule has 7 heteroatoms. The number of anilines is 3. The van der Waals surface area contributed by atoms with E-state index in [2.05, 4.69) is 15.0 Å². The quantitative estimate of drug-likeness (QED) is 0.702. The van der Waals surface area contributed by atoms with Crippen molar-refractivity contribution in [2.24, 2.45) is 0 Å². The third kappa shape index (κ3) is 5.02. The number of aromatic nitrogens is 1. The summed E-state index contributed by atoms with van der Waals surface area (Å²) in [7, 11) is -3.61. The van der Waals surface area contributed by atoms with Crippen LogP contribution in [0.5, 0.6) is 0 Å². The number of hydrogen-bond donors (Lipinski definition) is 2. The second kappa shape index (κ2) is 7.31. The van der Waals surface area contributed by atoms with E-state index in [1.54, 1.807) is 12.1 Å². The summed E-state index contributed by atoms with van der Waals surface area (Å²) in [5.74, 6) is -0.0374. The van der Waals surface area contributed by atoms with E-state index in [-0.39, 0.29) is 5.75 Å². The Morgan fingerprint density at radius 2 is 1.60 bits per heavy atom. The van der Waals surface area contributed by atoms with E-state index in [1.807, 2.05) is 30.3 Å². The third-order valence-corrected chi connectivity index (χ3v) is 4.61. The lowest BCUT2D eigenvalue weighted by atomic mass is 10.2. The van der Waals surface area contributed by atoms with Crippen LogP contribution >= 0.6 is 0 Å². The van der Waals surface area contributed by atoms with Crippen molar-refractivity contribution in [3.63, 3.8) is 0 Å². The van der Waals surface area contributed by atoms with E-state index < -0.39 is 15.8 Å². The van der Waals surface area contributed by atoms with Gasteiger partial charge in [0.05, 0.1) is 17.6 Å². The first-order valence-electron chi connectivity index (χ1n) is 7.53. The Morgan fingerprint density at radius 1 is 0.880 bits per heavy atom. The summed E-state index contributed by atoms with van der Waals surface area (Å²) in [4.78, 5) is 4.19. The molecule has 0 saturated carbocycles. The molecule has 128 valence electrons. The average molecular weight is 357 g/mol. The Hall–Kier alpha value is -2.93. The Balaban J connectivity index is 1.65. The van der Waals surface area contributed by atoms with Crippen LogP contribution in [0.1, 0.15) is 5.56 Å². The van der Waals surface area contributed by atoms with Crippen LogP contribution in [0.2, 0.25) is 0 Å². The summed E-state index contributed by atoms with van der Waals surface area (Å²) in [6.45, 7) is 0. The predicted octanol–water partition coefficient (Wildman–Crippen LogP) is 3.91. The number of halogens is 1. The Morgan fingerprint density at radius 3 is 2.24 bits per heavy atom. The van der Waals surface area contributed by atoms with Gasteiger partial charge in [-0.25, -0.2) is 17.8 Å². The molecule has 0 atom stereocenters. The zero-order valence-electron chi connectivity index (χ0n) is 13.2. The van der Waals surface area contributed by atoms with Crippen LogP contribution in [0.3, 0.4) is 0 Å². The highest BCUT2D eigenvalue weighted by Gasteiger charge is 2.12. The Labute approximate surface area is 145 Å². The van der Waals surface area contributed by atoms with E-state index >= 15 is 0 Å². The molecule has 3 aromatic rings. The molecule has 0 aliphatic heterocycles. The molecular weight excluding hydrogens is 341 g/mol. The fourth-order valence-corrected chi connectivity index (χ4v) is 3.40. The van der Waals surface area contributed by atoms with Crippen molar-refractivity contribution in [3.05, 3.63) is 84.3 Å². The molecule has 0 fully saturated rings. The fourth-order valence-electron chi connectivity index (χ4n) is 2.21. The van der Waals surface area contributed by atoms with Gasteiger partial charge in [0, 0.05) is 5.69 Å². The van der Waals surface area contributed by atoms with Gasteiger partial charge in [0.25, 0.3) is 0 Å². The number of sulfonamides is 1. The summed E-state index contributed by atoms with van der Waals surface area (Å²) in [6.07, 6.45) is 1.44. The maximum Gasteiger partial charge on any atom is 0.236 e. The number of benzene rings is 2. The van der Waals surface area contributed by atoms with Crippen LogP contribution in [0, 0.1) is 5.82 Å². The van der Waals surface area contributed by atoms with Gasteiger partial charge in [-0.3, -0.25) is 4.72 Å². The number of rotatable bonds is 6. The minimum absolute atomic E-state index is 0.239. The second-order valence-corrected chi connectivity index (χ2v) is 7.13. The van der Waals surface area contributed by atoms with E-state index in [0.717, 1.165) is 5.69 Å². The maximum atomic E-state index is 12.9. The van der Waals surface area contributed by atoms with Crippen molar-refractivity contribution in [2.75, 3.05) is 10.0 Å². The largest absolute Gasteiger partial charge is 0.340 e. The van der Waals surface area contributed by atoms with Gasteiger partial charge in [-0.05, 0) is 42.0 Å². The molecule has 0 aliphatic rings. The number of nitrogens with zero attached hydrogens (tertiary/aromatic N) is 1. The van der Waals surface area contributed by atoms with Gasteiger partial charge in [-0.2, -0.15) is 0 Å². The molecule has 1 aromatic heterocycles. The predicted molar refractivity (Wildman–Crippen MR) is 96.6 cm³/mol. The minimum atomic E-state index is -3.61. The van der Waals surface area contributed by atoms with Crippen LogP contribution in [0.4, 0.5) is 21.6 Å². The van der Waals surface area contributed by atoms with Gasteiger partial charge in [0.2, 0.25) is 10.0 Å². The summed E-state index contributed by atoms with van der Waals surface area (Å²) < 4.78 is 39.7. The zero-order valence-corrected chi connectivity index (χ0v) is 14.0. The molecule has 1 heterocycles. The molecule has 0 amide bonds. The van der Waals surface area contributed by atoms with Crippen LogP contribution in [-0.4, -0.2) is 13.4 Å². The number of pyridine rings is 1. The van der Waals surface area contributed by atoms with Crippen molar-refractivity contribution in [2.45, 2.75) is 5.75 Å². The van der Waals surface area contributed by atoms with Crippen LogP contribution < -0.4 is 10.0 Å². The summed E-state index contributed by atoms with van der Waals surface area (Å²) in [5, 5.41) is 3.12. The molecule has 2 aromatic carbocycles. The SMILES string of the molecule is O=S(=O)(Cc1ccc(F)cc1)Nc1ccc(Nc2ccccc2)nc1. The molecule has 0 radical (unpaired) electrons. The molecule has 0 bridgehead atoms. The Kier molecular flexibility index (Phi) is 4.95. The highest BCUT2D eigenvalue weighted by atomic mass is 32.2. The van der Waals surface area contributed by atoms with E-state index in [4.69, 9.17) is 0 Å². The molecule has 0 aliphatic carbocycles. The number of hydrogen-bond acceptors (Lipinski definition) is 4. The summed E-state index contributed by atoms with van der Waals surface area (Å²) >= 11 is 0. The highest BCUT2D eigenvalue weighted by molar-refractivity contribution is 7.91. The molecule has 2 N–H and O–H groups in total. The monoisotopic (exact) mass is 357 g/mol. The summed E-state index contributed by atoms with van der Waals surface area (Å²) in [6, 6.07) is 18.2. The topological polar surface area (TPSA) is 71.1 Å². The lowest BCUT2D eigenvalue weighted by Gasteiger charge is -2.09.